The van der Waals surface area contributed by atoms with Crippen molar-refractivity contribution in [1.82, 2.24) is 0 Å². The van der Waals surface area contributed by atoms with Crippen molar-refractivity contribution in [2.75, 3.05) is 0 Å². The molecule has 3 aliphatic carbocycles. The second kappa shape index (κ2) is 3.58. The summed E-state index contributed by atoms with van der Waals surface area (Å²) < 4.78 is 0. The number of hydrogen-bond donors (Lipinski definition) is 0. The van der Waals surface area contributed by atoms with Gasteiger partial charge in [0.15, 0.2) is 0 Å². The molecule has 0 aromatic heterocycles. The van der Waals surface area contributed by atoms with Crippen LogP contribution in [0.5, 0.6) is 0 Å². The molecule has 0 heterocycles. The second-order valence-electron chi connectivity index (χ2n) is 3.91. The molecule has 0 nitrogen and oxygen atoms in total. The smallest absolute Gasteiger partial charge is 0 e. The van der Waals surface area contributed by atoms with Gasteiger partial charge in [-0.3, -0.25) is 0 Å². The molecule has 2 atom stereocenters. The minimum Gasteiger partial charge on any atom is -1.00 e. The van der Waals surface area contributed by atoms with E-state index in [1.165, 1.54) is 12.8 Å². The van der Waals surface area contributed by atoms with Gasteiger partial charge >= 0.3 is 0 Å². The van der Waals surface area contributed by atoms with Gasteiger partial charge in [-0.25, -0.2) is 0 Å². The summed E-state index contributed by atoms with van der Waals surface area (Å²) in [6.07, 6.45) is 8.33. The third kappa shape index (κ3) is 1.55. The van der Waals surface area contributed by atoms with Crippen LogP contribution in [-0.2, 0) is 19.5 Å². The maximum Gasteiger partial charge on any atom is 0 e. The molecule has 0 aliphatic heterocycles. The minimum absolute atomic E-state index is 0. The summed E-state index contributed by atoms with van der Waals surface area (Å²) in [6, 6.07) is 0. The molecule has 0 unspecified atom stereocenters. The number of hydrogen-bond acceptors (Lipinski definition) is 0. The average Bonchev–Trinajstić information content (AvgIpc) is 1.89. The van der Waals surface area contributed by atoms with E-state index < -0.39 is 0 Å². The van der Waals surface area contributed by atoms with Crippen molar-refractivity contribution >= 4 is 0 Å². The Morgan fingerprint density at radius 3 is 2.27 bits per heavy atom. The Bertz CT molecular complexity index is 163. The summed E-state index contributed by atoms with van der Waals surface area (Å²) in [5.74, 6) is 1.76. The molecule has 0 spiro atoms. The van der Waals surface area contributed by atoms with Gasteiger partial charge in [0.25, 0.3) is 0 Å². The van der Waals surface area contributed by atoms with Crippen LogP contribution in [0, 0.1) is 23.3 Å². The molecule has 0 aromatic rings. The van der Waals surface area contributed by atoms with Crippen LogP contribution in [0.15, 0.2) is 6.08 Å². The van der Waals surface area contributed by atoms with Gasteiger partial charge in [-0.1, -0.05) is 19.9 Å². The van der Waals surface area contributed by atoms with Crippen LogP contribution in [0.2, 0.25) is 0 Å². The Hall–Kier alpha value is 0.653. The predicted molar refractivity (Wildman–Crippen MR) is 37.8 cm³/mol. The summed E-state index contributed by atoms with van der Waals surface area (Å²) in [6.45, 7) is 4.73. The van der Waals surface area contributed by atoms with E-state index in [4.69, 9.17) is 0 Å². The Labute approximate surface area is 88.0 Å². The van der Waals surface area contributed by atoms with Gasteiger partial charge in [0, 0.05) is 19.5 Å². The van der Waals surface area contributed by atoms with Crippen molar-refractivity contribution in [1.29, 1.82) is 0 Å². The average molecular weight is 222 g/mol. The van der Waals surface area contributed by atoms with E-state index in [-0.39, 0.29) is 31.9 Å². The standard InChI is InChI=1S/C9H13.ClH.Zn/c1-9(2)7-4-3-5-8(9)6-7;;/h3,7-8H,4,6H2,1-2H3;1H;/p-1/t7-,8+;;/m1../s1. The normalized spacial score (nSPS) is 36.2. The van der Waals surface area contributed by atoms with Gasteiger partial charge in [-0.2, -0.15) is 0 Å². The molecule has 1 radical (unpaired) electrons. The molecule has 0 amide bonds. The maximum absolute atomic E-state index is 3.41. The third-order valence-electron chi connectivity index (χ3n) is 3.19. The fourth-order valence-electron chi connectivity index (χ4n) is 2.05. The molecule has 11 heavy (non-hydrogen) atoms. The zero-order chi connectivity index (χ0) is 6.48. The van der Waals surface area contributed by atoms with Crippen LogP contribution in [0.25, 0.3) is 0 Å². The van der Waals surface area contributed by atoms with Crippen molar-refractivity contribution in [3.8, 4) is 0 Å². The summed E-state index contributed by atoms with van der Waals surface area (Å²) in [4.78, 5) is 0. The van der Waals surface area contributed by atoms with Crippen LogP contribution >= 0.6 is 0 Å². The maximum atomic E-state index is 3.41. The summed E-state index contributed by atoms with van der Waals surface area (Å²) >= 11 is 0. The number of halogens is 1. The first-order chi connectivity index (χ1) is 4.21. The molecule has 3 rings (SSSR count). The SMILES string of the molecule is CC1(C)[C@@H]2CC=[C][C@H]1C2.[Cl-].[Zn]. The van der Waals surface area contributed by atoms with Gasteiger partial charge in [-0.15, -0.1) is 0 Å². The molecular formula is C9H13ClZn-. The molecule has 1 fully saturated rings. The van der Waals surface area contributed by atoms with Crippen LogP contribution in [0.4, 0.5) is 0 Å². The molecule has 0 aromatic carbocycles. The first-order valence-electron chi connectivity index (χ1n) is 3.79. The van der Waals surface area contributed by atoms with Gasteiger partial charge in [0.05, 0.1) is 0 Å². The zero-order valence-electron chi connectivity index (χ0n) is 7.23. The largest absolute Gasteiger partial charge is 1.00 e. The quantitative estimate of drug-likeness (QED) is 0.481. The summed E-state index contributed by atoms with van der Waals surface area (Å²) in [5, 5.41) is 0. The van der Waals surface area contributed by atoms with Gasteiger partial charge in [-0.05, 0) is 36.2 Å². The molecular weight excluding hydrogens is 209 g/mol. The fourth-order valence-corrected chi connectivity index (χ4v) is 2.05. The zero-order valence-corrected chi connectivity index (χ0v) is 11.0. The first kappa shape index (κ1) is 11.7. The Balaban J connectivity index is 0.000000500. The van der Waals surface area contributed by atoms with Gasteiger partial charge in [0.1, 0.15) is 0 Å². The second-order valence-corrected chi connectivity index (χ2v) is 3.91. The molecule has 3 aliphatic rings. The Morgan fingerprint density at radius 1 is 1.45 bits per heavy atom. The number of rotatable bonds is 0. The Kier molecular flexibility index (Phi) is 3.79. The van der Waals surface area contributed by atoms with Crippen LogP contribution in [0.1, 0.15) is 26.7 Å². The molecule has 0 N–H and O–H groups in total. The number of allylic oxidation sites excluding steroid dienone is 2. The van der Waals surface area contributed by atoms with E-state index in [1.807, 2.05) is 0 Å². The van der Waals surface area contributed by atoms with Crippen molar-refractivity contribution in [3.05, 3.63) is 12.2 Å². The van der Waals surface area contributed by atoms with E-state index in [0.29, 0.717) is 5.41 Å². The van der Waals surface area contributed by atoms with Crippen molar-refractivity contribution in [2.45, 2.75) is 26.7 Å². The molecule has 0 saturated heterocycles. The van der Waals surface area contributed by atoms with Gasteiger partial charge < -0.3 is 12.4 Å². The van der Waals surface area contributed by atoms with E-state index >= 15 is 0 Å². The molecule has 2 bridgehead atoms. The minimum atomic E-state index is 0. The first-order valence-corrected chi connectivity index (χ1v) is 3.79. The van der Waals surface area contributed by atoms with Crippen LogP contribution < -0.4 is 12.4 Å². The van der Waals surface area contributed by atoms with Crippen molar-refractivity contribution in [3.63, 3.8) is 0 Å². The third-order valence-corrected chi connectivity index (χ3v) is 3.19. The van der Waals surface area contributed by atoms with E-state index in [1.54, 1.807) is 0 Å². The van der Waals surface area contributed by atoms with Crippen LogP contribution in [-0.4, -0.2) is 0 Å². The topological polar surface area (TPSA) is 0 Å². The predicted octanol–water partition coefficient (Wildman–Crippen LogP) is -0.587. The molecule has 59 valence electrons. The van der Waals surface area contributed by atoms with Crippen molar-refractivity contribution in [2.24, 2.45) is 17.3 Å². The van der Waals surface area contributed by atoms with E-state index in [0.717, 1.165) is 11.8 Å². The van der Waals surface area contributed by atoms with Crippen molar-refractivity contribution < 1.29 is 31.9 Å². The Morgan fingerprint density at radius 2 is 2.09 bits per heavy atom. The fraction of sp³-hybridized carbons (Fsp3) is 0.778. The summed E-state index contributed by atoms with van der Waals surface area (Å²) in [5.41, 5.74) is 0.592. The monoisotopic (exact) mass is 220 g/mol. The molecule has 2 heteroatoms. The van der Waals surface area contributed by atoms with Crippen LogP contribution in [0.3, 0.4) is 0 Å². The van der Waals surface area contributed by atoms with Gasteiger partial charge in [0.2, 0.25) is 0 Å². The summed E-state index contributed by atoms with van der Waals surface area (Å²) in [7, 11) is 0. The van der Waals surface area contributed by atoms with E-state index in [9.17, 15) is 0 Å². The number of fused-ring (bicyclic) bond motifs is 1. The van der Waals surface area contributed by atoms with E-state index in [2.05, 4.69) is 26.0 Å². The molecule has 1 saturated carbocycles.